The Hall–Kier alpha value is 1.76. The van der Waals surface area contributed by atoms with Crippen LogP contribution >= 0.6 is 12.4 Å². The van der Waals surface area contributed by atoms with Crippen molar-refractivity contribution in [2.45, 2.75) is 0 Å². The van der Waals surface area contributed by atoms with Gasteiger partial charge >= 0.3 is 52.6 Å². The third kappa shape index (κ3) is 726. The zero-order valence-electron chi connectivity index (χ0n) is 6.94. The molecule has 0 spiro atoms. The van der Waals surface area contributed by atoms with E-state index < -0.39 is 20.8 Å². The van der Waals surface area contributed by atoms with Crippen LogP contribution in [0.25, 0.3) is 0 Å². The summed E-state index contributed by atoms with van der Waals surface area (Å²) in [6.45, 7) is 0. The summed E-state index contributed by atoms with van der Waals surface area (Å²) in [7, 11) is -10.1. The van der Waals surface area contributed by atoms with Gasteiger partial charge in [0.1, 0.15) is 0 Å². The fourth-order valence-corrected chi connectivity index (χ4v) is 0. The molecule has 9 nitrogen and oxygen atoms in total. The molecule has 14 heteroatoms. The number of hydrogen-bond donors (Lipinski definition) is 2. The first-order chi connectivity index (χ1) is 4.00. The van der Waals surface area contributed by atoms with Crippen molar-refractivity contribution in [1.82, 2.24) is 6.15 Å². The predicted octanol–water partition coefficient (Wildman–Crippen LogP) is -5.13. The van der Waals surface area contributed by atoms with Gasteiger partial charge in [-0.15, -0.1) is 12.4 Å². The van der Waals surface area contributed by atoms with Crippen LogP contribution in [-0.4, -0.2) is 58.1 Å². The second-order valence-electron chi connectivity index (χ2n) is 0.836. The monoisotopic (exact) mass is 293 g/mol. The molecule has 4 N–H and O–H groups in total. The van der Waals surface area contributed by atoms with Gasteiger partial charge in [-0.1, -0.05) is 0 Å². The van der Waals surface area contributed by atoms with Gasteiger partial charge in [-0.3, -0.25) is 13.0 Å². The van der Waals surface area contributed by atoms with Gasteiger partial charge in [-0.05, 0) is 0 Å². The number of rotatable bonds is 0. The molecule has 0 aromatic carbocycles. The first kappa shape index (κ1) is 36.0. The van der Waals surface area contributed by atoms with E-state index in [2.05, 4.69) is 0 Å². The van der Waals surface area contributed by atoms with E-state index in [1.807, 2.05) is 0 Å². The van der Waals surface area contributed by atoms with Crippen molar-refractivity contribution < 1.29 is 64.6 Å². The Labute approximate surface area is 126 Å². The molecule has 0 radical (unpaired) electrons. The van der Waals surface area contributed by atoms with Gasteiger partial charge < -0.3 is 19.8 Å². The van der Waals surface area contributed by atoms with Crippen molar-refractivity contribution in [1.29, 1.82) is 0 Å². The molecular weight excluding hydrogens is 289 g/mol. The Kier molecular flexibility index (Phi) is 38.0. The molecule has 0 aliphatic rings. The summed E-state index contributed by atoms with van der Waals surface area (Å²) in [5.74, 6) is 0. The smallest absolute Gasteiger partial charge is 0.759 e. The molecule has 0 aliphatic carbocycles. The third-order valence-electron chi connectivity index (χ3n) is 0. The molecule has 0 aliphatic heterocycles. The zero-order valence-corrected chi connectivity index (χ0v) is 12.8. The maximum atomic E-state index is 8.63. The topological polar surface area (TPSA) is 193 Å². The molecule has 0 heterocycles. The Morgan fingerprint density at radius 3 is 0.929 bits per heavy atom. The molecule has 0 atom stereocenters. The molecule has 14 heavy (non-hydrogen) atoms. The van der Waals surface area contributed by atoms with Crippen molar-refractivity contribution in [3.05, 3.63) is 0 Å². The van der Waals surface area contributed by atoms with E-state index in [0.717, 1.165) is 0 Å². The molecule has 0 rings (SSSR count). The number of hydrogen-bond acceptors (Lipinski definition) is 8. The first-order valence-electron chi connectivity index (χ1n) is 1.35. The minimum absolute atomic E-state index is 0. The molecule has 0 fully saturated rings. The van der Waals surface area contributed by atoms with Crippen molar-refractivity contribution in [3.63, 3.8) is 0 Å². The molecule has 0 aromatic rings. The van der Waals surface area contributed by atoms with Crippen molar-refractivity contribution in [3.8, 4) is 0 Å². The standard InChI is InChI=1S/ClH.Mg.H3N.Na.2H2O4S/c;;;;2*1-5(2,3)4/h1H;;1H3;;2*(H2,1,2,3,4)/q;+2;;+1;;/p-3. The van der Waals surface area contributed by atoms with Crippen LogP contribution in [0.3, 0.4) is 0 Å². The fraction of sp³-hybridized carbons (Fsp3) is 0. The van der Waals surface area contributed by atoms with E-state index in [-0.39, 0.29) is 71.2 Å². The molecule has 0 bridgehead atoms. The Morgan fingerprint density at radius 1 is 0.929 bits per heavy atom. The van der Waals surface area contributed by atoms with Gasteiger partial charge in [-0.25, -0.2) is 8.42 Å². The summed E-state index contributed by atoms with van der Waals surface area (Å²) < 4.78 is 66.9. The Bertz CT molecular complexity index is 224. The van der Waals surface area contributed by atoms with Gasteiger partial charge in [0.05, 0.1) is 0 Å². The second-order valence-corrected chi connectivity index (χ2v) is 2.51. The van der Waals surface area contributed by atoms with E-state index in [0.29, 0.717) is 0 Å². The Morgan fingerprint density at radius 2 is 0.929 bits per heavy atom. The van der Waals surface area contributed by atoms with Crippen LogP contribution in [0.5, 0.6) is 0 Å². The van der Waals surface area contributed by atoms with E-state index in [4.69, 9.17) is 35.0 Å². The average Bonchev–Trinajstić information content (AvgIpc) is 1.12. The van der Waals surface area contributed by atoms with Crippen LogP contribution in [0.1, 0.15) is 0 Å². The van der Waals surface area contributed by atoms with Crippen molar-refractivity contribution in [2.75, 3.05) is 0 Å². The van der Waals surface area contributed by atoms with E-state index >= 15 is 0 Å². The average molecular weight is 294 g/mol. The summed E-state index contributed by atoms with van der Waals surface area (Å²) >= 11 is 0. The SMILES string of the molecule is Cl.N.O=S(=O)([O-])O.O=S(=O)([O-])[O-].[Mg+2].[Na+]. The van der Waals surface area contributed by atoms with Crippen molar-refractivity contribution >= 4 is 56.3 Å². The molecule has 0 saturated heterocycles. The van der Waals surface area contributed by atoms with Crippen LogP contribution in [-0.2, 0) is 20.8 Å². The van der Waals surface area contributed by atoms with Gasteiger partial charge in [0.15, 0.2) is 0 Å². The minimum Gasteiger partial charge on any atom is -0.759 e. The third-order valence-corrected chi connectivity index (χ3v) is 0. The van der Waals surface area contributed by atoms with Gasteiger partial charge in [0.2, 0.25) is 10.4 Å². The molecular formula is H5ClMgNNaO8S2. The molecule has 0 unspecified atom stereocenters. The zero-order chi connectivity index (χ0) is 9.00. The van der Waals surface area contributed by atoms with E-state index in [9.17, 15) is 0 Å². The van der Waals surface area contributed by atoms with Gasteiger partial charge in [0, 0.05) is 10.4 Å². The van der Waals surface area contributed by atoms with E-state index in [1.165, 1.54) is 0 Å². The summed E-state index contributed by atoms with van der Waals surface area (Å²) in [5.41, 5.74) is 0. The minimum atomic E-state index is -5.17. The van der Waals surface area contributed by atoms with Gasteiger partial charge in [0.25, 0.3) is 0 Å². The van der Waals surface area contributed by atoms with Crippen LogP contribution in [0.2, 0.25) is 0 Å². The summed E-state index contributed by atoms with van der Waals surface area (Å²) in [6, 6.07) is 0. The summed E-state index contributed by atoms with van der Waals surface area (Å²) in [6.07, 6.45) is 0. The predicted molar refractivity (Wildman–Crippen MR) is 40.8 cm³/mol. The summed E-state index contributed by atoms with van der Waals surface area (Å²) in [4.78, 5) is 0. The maximum Gasteiger partial charge on any atom is 2.00 e. The van der Waals surface area contributed by atoms with E-state index in [1.54, 1.807) is 0 Å². The van der Waals surface area contributed by atoms with Crippen molar-refractivity contribution in [2.24, 2.45) is 0 Å². The molecule has 80 valence electrons. The second kappa shape index (κ2) is 14.8. The molecule has 0 amide bonds. The molecule has 0 saturated carbocycles. The molecule has 0 aromatic heterocycles. The van der Waals surface area contributed by atoms with Gasteiger partial charge in [-0.2, -0.15) is 0 Å². The fourth-order valence-electron chi connectivity index (χ4n) is 0. The largest absolute Gasteiger partial charge is 2.00 e. The van der Waals surface area contributed by atoms with Crippen LogP contribution in [0, 0.1) is 0 Å². The van der Waals surface area contributed by atoms with Crippen LogP contribution in [0.15, 0.2) is 0 Å². The maximum absolute atomic E-state index is 8.63. The van der Waals surface area contributed by atoms with Crippen LogP contribution < -0.4 is 35.7 Å². The summed E-state index contributed by atoms with van der Waals surface area (Å²) in [5, 5.41) is 0. The number of halogens is 1. The van der Waals surface area contributed by atoms with Crippen LogP contribution in [0.4, 0.5) is 0 Å². The Balaban J connectivity index is -0.0000000178. The normalized spacial score (nSPS) is 8.29. The quantitative estimate of drug-likeness (QED) is 0.249. The first-order valence-corrected chi connectivity index (χ1v) is 4.05.